The number of fused-ring (bicyclic) bond motifs is 1. The lowest BCUT2D eigenvalue weighted by Crippen LogP contribution is -2.48. The second-order valence-corrected chi connectivity index (χ2v) is 7.79. The summed E-state index contributed by atoms with van der Waals surface area (Å²) in [5.41, 5.74) is 8.64. The van der Waals surface area contributed by atoms with Crippen molar-refractivity contribution in [3.8, 4) is 5.75 Å². The van der Waals surface area contributed by atoms with Crippen LogP contribution in [0.25, 0.3) is 0 Å². The van der Waals surface area contributed by atoms with Gasteiger partial charge in [-0.15, -0.1) is 0 Å². The van der Waals surface area contributed by atoms with Crippen molar-refractivity contribution < 1.29 is 19.1 Å². The van der Waals surface area contributed by atoms with E-state index >= 15 is 0 Å². The number of benzene rings is 2. The molecule has 31 heavy (non-hydrogen) atoms. The summed E-state index contributed by atoms with van der Waals surface area (Å²) in [6.07, 6.45) is 1.27. The van der Waals surface area contributed by atoms with Crippen LogP contribution in [-0.4, -0.2) is 48.4 Å². The number of para-hydroxylation sites is 1. The zero-order chi connectivity index (χ0) is 21.8. The molecule has 8 nitrogen and oxygen atoms in total. The second-order valence-electron chi connectivity index (χ2n) is 7.79. The summed E-state index contributed by atoms with van der Waals surface area (Å²) < 4.78 is 5.84. The lowest BCUT2D eigenvalue weighted by Gasteiger charge is -2.31. The summed E-state index contributed by atoms with van der Waals surface area (Å²) in [6.45, 7) is 1.96. The molecule has 4 N–H and O–H groups in total. The Balaban J connectivity index is 1.36. The molecule has 1 saturated heterocycles. The van der Waals surface area contributed by atoms with Crippen LogP contribution >= 0.6 is 0 Å². The van der Waals surface area contributed by atoms with E-state index in [4.69, 9.17) is 10.5 Å². The van der Waals surface area contributed by atoms with Crippen LogP contribution in [0.4, 0.5) is 5.69 Å². The zero-order valence-electron chi connectivity index (χ0n) is 17.2. The number of nitrogens with one attached hydrogen (secondary N) is 2. The van der Waals surface area contributed by atoms with Crippen LogP contribution in [0.15, 0.2) is 42.5 Å². The molecule has 2 aliphatic heterocycles. The molecular formula is C23H26N4O4. The molecule has 0 saturated carbocycles. The smallest absolute Gasteiger partial charge is 0.254 e. The summed E-state index contributed by atoms with van der Waals surface area (Å²) in [5, 5.41) is 6.21. The van der Waals surface area contributed by atoms with E-state index in [0.29, 0.717) is 50.4 Å². The number of carbonyl (C=O) groups is 3. The Hall–Kier alpha value is -3.55. The number of amides is 3. The van der Waals surface area contributed by atoms with Crippen LogP contribution < -0.4 is 21.1 Å². The number of hydrogen-bond acceptors (Lipinski definition) is 5. The van der Waals surface area contributed by atoms with Gasteiger partial charge in [-0.1, -0.05) is 24.3 Å². The maximum atomic E-state index is 12.9. The molecule has 0 bridgehead atoms. The van der Waals surface area contributed by atoms with Crippen LogP contribution in [-0.2, 0) is 22.6 Å². The van der Waals surface area contributed by atoms with Gasteiger partial charge in [-0.3, -0.25) is 14.4 Å². The van der Waals surface area contributed by atoms with Crippen molar-refractivity contribution in [1.82, 2.24) is 10.2 Å². The second kappa shape index (κ2) is 9.07. The summed E-state index contributed by atoms with van der Waals surface area (Å²) in [4.78, 5) is 37.4. The van der Waals surface area contributed by atoms with Gasteiger partial charge in [-0.25, -0.2) is 0 Å². The lowest BCUT2D eigenvalue weighted by atomic mass is 10.1. The van der Waals surface area contributed by atoms with E-state index in [9.17, 15) is 14.4 Å². The molecule has 2 heterocycles. The topological polar surface area (TPSA) is 114 Å². The Morgan fingerprint density at radius 1 is 1.19 bits per heavy atom. The molecule has 8 heteroatoms. The van der Waals surface area contributed by atoms with Crippen LogP contribution in [0, 0.1) is 0 Å². The van der Waals surface area contributed by atoms with Gasteiger partial charge < -0.3 is 26.0 Å². The minimum atomic E-state index is -0.402. The average molecular weight is 422 g/mol. The molecule has 0 spiro atoms. The van der Waals surface area contributed by atoms with Crippen molar-refractivity contribution in [3.05, 3.63) is 59.2 Å². The van der Waals surface area contributed by atoms with Gasteiger partial charge in [0.15, 0.2) is 0 Å². The molecule has 1 fully saturated rings. The summed E-state index contributed by atoms with van der Waals surface area (Å²) in [6, 6.07) is 13.0. The summed E-state index contributed by atoms with van der Waals surface area (Å²) in [7, 11) is 0. The highest BCUT2D eigenvalue weighted by atomic mass is 16.5. The maximum Gasteiger partial charge on any atom is 0.254 e. The molecule has 2 aromatic rings. The standard InChI is InChI=1S/C23H26N4O4/c24-21(28)12-15-4-1-2-7-20(15)31-11-10-25-19-6-3-5-17-18(19)14-27(23(17)30)16-8-9-22(29)26-13-16/h1-7,16,25H,8-14H2,(H2,24,28)(H,26,29)/t16-/m0/s1. The predicted molar refractivity (Wildman–Crippen MR) is 116 cm³/mol. The van der Waals surface area contributed by atoms with Gasteiger partial charge in [0.1, 0.15) is 12.4 Å². The molecule has 3 amide bonds. The van der Waals surface area contributed by atoms with E-state index in [-0.39, 0.29) is 24.3 Å². The molecule has 0 unspecified atom stereocenters. The highest BCUT2D eigenvalue weighted by Gasteiger charge is 2.35. The van der Waals surface area contributed by atoms with Gasteiger partial charge in [-0.05, 0) is 24.6 Å². The van der Waals surface area contributed by atoms with Crippen molar-refractivity contribution in [1.29, 1.82) is 0 Å². The number of primary amides is 1. The number of piperidine rings is 1. The third-order valence-corrected chi connectivity index (χ3v) is 5.69. The average Bonchev–Trinajstić information content (AvgIpc) is 3.10. The van der Waals surface area contributed by atoms with Crippen LogP contribution in [0.5, 0.6) is 5.75 Å². The van der Waals surface area contributed by atoms with E-state index in [1.54, 1.807) is 0 Å². The number of ether oxygens (including phenoxy) is 1. The number of carbonyl (C=O) groups excluding carboxylic acids is 3. The molecule has 2 aliphatic rings. The third kappa shape index (κ3) is 4.63. The van der Waals surface area contributed by atoms with Gasteiger partial charge in [0, 0.05) is 48.4 Å². The van der Waals surface area contributed by atoms with Crippen LogP contribution in [0.1, 0.15) is 34.3 Å². The fraction of sp³-hybridized carbons (Fsp3) is 0.348. The monoisotopic (exact) mass is 422 g/mol. The molecule has 0 radical (unpaired) electrons. The molecule has 1 atom stereocenters. The Bertz CT molecular complexity index is 997. The Labute approximate surface area is 180 Å². The van der Waals surface area contributed by atoms with Gasteiger partial charge in [0.05, 0.1) is 12.5 Å². The minimum absolute atomic E-state index is 0.0106. The number of nitrogens with zero attached hydrogens (tertiary/aromatic N) is 1. The first-order chi connectivity index (χ1) is 15.0. The van der Waals surface area contributed by atoms with E-state index in [0.717, 1.165) is 16.8 Å². The zero-order valence-corrected chi connectivity index (χ0v) is 17.2. The summed E-state index contributed by atoms with van der Waals surface area (Å²) in [5.74, 6) is 0.291. The SMILES string of the molecule is NC(=O)Cc1ccccc1OCCNc1cccc2c1CN([C@H]1CCC(=O)NC1)C2=O. The van der Waals surface area contributed by atoms with Crippen LogP contribution in [0.3, 0.4) is 0 Å². The fourth-order valence-corrected chi connectivity index (χ4v) is 4.13. The van der Waals surface area contributed by atoms with Crippen molar-refractivity contribution in [2.24, 2.45) is 5.73 Å². The van der Waals surface area contributed by atoms with Crippen molar-refractivity contribution in [2.75, 3.05) is 25.0 Å². The number of anilines is 1. The first kappa shape index (κ1) is 20.7. The Kier molecular flexibility index (Phi) is 6.06. The molecule has 4 rings (SSSR count). The normalized spacial score (nSPS) is 17.8. The van der Waals surface area contributed by atoms with Gasteiger partial charge in [0.25, 0.3) is 5.91 Å². The van der Waals surface area contributed by atoms with Gasteiger partial charge >= 0.3 is 0 Å². The largest absolute Gasteiger partial charge is 0.491 e. The lowest BCUT2D eigenvalue weighted by molar-refractivity contribution is -0.123. The van der Waals surface area contributed by atoms with E-state index in [2.05, 4.69) is 10.6 Å². The van der Waals surface area contributed by atoms with Crippen LogP contribution in [0.2, 0.25) is 0 Å². The predicted octanol–water partition coefficient (Wildman–Crippen LogP) is 1.44. The van der Waals surface area contributed by atoms with Gasteiger partial charge in [0.2, 0.25) is 11.8 Å². The van der Waals surface area contributed by atoms with E-state index in [1.807, 2.05) is 47.4 Å². The molecule has 0 aromatic heterocycles. The van der Waals surface area contributed by atoms with Crippen molar-refractivity contribution in [2.45, 2.75) is 31.8 Å². The molecule has 0 aliphatic carbocycles. The highest BCUT2D eigenvalue weighted by molar-refractivity contribution is 6.00. The van der Waals surface area contributed by atoms with Crippen molar-refractivity contribution >= 4 is 23.4 Å². The number of nitrogens with two attached hydrogens (primary N) is 1. The van der Waals surface area contributed by atoms with Crippen molar-refractivity contribution in [3.63, 3.8) is 0 Å². The van der Waals surface area contributed by atoms with Gasteiger partial charge in [-0.2, -0.15) is 0 Å². The molecule has 162 valence electrons. The Morgan fingerprint density at radius 2 is 2.03 bits per heavy atom. The third-order valence-electron chi connectivity index (χ3n) is 5.69. The first-order valence-electron chi connectivity index (χ1n) is 10.5. The van der Waals surface area contributed by atoms with E-state index < -0.39 is 5.91 Å². The first-order valence-corrected chi connectivity index (χ1v) is 10.5. The maximum absolute atomic E-state index is 12.9. The Morgan fingerprint density at radius 3 is 2.81 bits per heavy atom. The quantitative estimate of drug-likeness (QED) is 0.557. The minimum Gasteiger partial charge on any atom is -0.491 e. The highest BCUT2D eigenvalue weighted by Crippen LogP contribution is 2.32. The summed E-state index contributed by atoms with van der Waals surface area (Å²) >= 11 is 0. The molecular weight excluding hydrogens is 396 g/mol. The van der Waals surface area contributed by atoms with E-state index in [1.165, 1.54) is 0 Å². The number of rotatable bonds is 8. The molecule has 2 aromatic carbocycles. The number of hydrogen-bond donors (Lipinski definition) is 3. The fourth-order valence-electron chi connectivity index (χ4n) is 4.13.